The predicted octanol–water partition coefficient (Wildman–Crippen LogP) is 3.47. The van der Waals surface area contributed by atoms with Crippen molar-refractivity contribution in [1.82, 2.24) is 10.2 Å². The molecule has 6 heteroatoms. The number of rotatable bonds is 4. The average molecular weight is 329 g/mol. The van der Waals surface area contributed by atoms with E-state index in [4.69, 9.17) is 0 Å². The maximum absolute atomic E-state index is 10.6. The zero-order chi connectivity index (χ0) is 16.6. The molecule has 0 radical (unpaired) electrons. The van der Waals surface area contributed by atoms with E-state index in [0.717, 1.165) is 20.5 Å². The normalized spacial score (nSPS) is 12.5. The zero-order valence-corrected chi connectivity index (χ0v) is 14.1. The van der Waals surface area contributed by atoms with Crippen molar-refractivity contribution in [3.8, 4) is 17.0 Å². The van der Waals surface area contributed by atoms with E-state index in [1.54, 1.807) is 18.3 Å². The summed E-state index contributed by atoms with van der Waals surface area (Å²) >= 11 is 1.66. The number of nitrogens with one attached hydrogen (secondary N) is 1. The molecule has 0 aliphatic rings. The van der Waals surface area contributed by atoms with E-state index in [0.29, 0.717) is 23.6 Å². The summed E-state index contributed by atoms with van der Waals surface area (Å²) in [6.45, 7) is 6.08. The first-order valence-corrected chi connectivity index (χ1v) is 8.26. The summed E-state index contributed by atoms with van der Waals surface area (Å²) in [6, 6.07) is 7.74. The Balaban J connectivity index is 2.00. The molecule has 0 bridgehead atoms. The smallest absolute Gasteiger partial charge is 0.149 e. The van der Waals surface area contributed by atoms with Crippen LogP contribution in [-0.2, 0) is 0 Å². The van der Waals surface area contributed by atoms with E-state index < -0.39 is 6.10 Å². The van der Waals surface area contributed by atoms with Crippen LogP contribution in [0, 0.1) is 13.8 Å². The summed E-state index contributed by atoms with van der Waals surface area (Å²) < 4.78 is 1.06. The highest BCUT2D eigenvalue weighted by Gasteiger charge is 2.14. The molecule has 3 aromatic rings. The molecule has 2 heterocycles. The Kier molecular flexibility index (Phi) is 4.19. The van der Waals surface area contributed by atoms with Gasteiger partial charge in [0.05, 0.1) is 11.8 Å². The first kappa shape index (κ1) is 15.7. The minimum absolute atomic E-state index is 0.244. The summed E-state index contributed by atoms with van der Waals surface area (Å²) in [5.41, 5.74) is 2.26. The Morgan fingerprint density at radius 2 is 2.00 bits per heavy atom. The standard InChI is InChI=1S/C17H19N3O2S/c1-9-6-15(18-8-10(2)21)19-20-16(9)12-4-5-14-13(17(12)22)7-11(3)23-14/h4-7,10,21-22H,8H2,1-3H3,(H,18,19)/t10-/m1/s1. The molecule has 0 unspecified atom stereocenters. The number of hydrogen-bond donors (Lipinski definition) is 3. The van der Waals surface area contributed by atoms with Gasteiger partial charge in [-0.3, -0.25) is 0 Å². The van der Waals surface area contributed by atoms with Crippen molar-refractivity contribution >= 4 is 27.2 Å². The molecule has 0 saturated heterocycles. The van der Waals surface area contributed by atoms with Gasteiger partial charge in [0.25, 0.3) is 0 Å². The van der Waals surface area contributed by atoms with Gasteiger partial charge in [0.15, 0.2) is 0 Å². The molecule has 1 atom stereocenters. The molecule has 0 amide bonds. The highest BCUT2D eigenvalue weighted by atomic mass is 32.1. The second-order valence-electron chi connectivity index (χ2n) is 5.72. The molecular formula is C17H19N3O2S. The molecule has 2 aromatic heterocycles. The van der Waals surface area contributed by atoms with E-state index in [-0.39, 0.29) is 5.75 Å². The number of nitrogens with zero attached hydrogens (tertiary/aromatic N) is 2. The molecule has 3 rings (SSSR count). The Morgan fingerprint density at radius 3 is 2.70 bits per heavy atom. The molecule has 0 spiro atoms. The number of thiophene rings is 1. The topological polar surface area (TPSA) is 78.3 Å². The number of aromatic nitrogens is 2. The van der Waals surface area contributed by atoms with Gasteiger partial charge >= 0.3 is 0 Å². The van der Waals surface area contributed by atoms with Gasteiger partial charge < -0.3 is 15.5 Å². The molecule has 0 aliphatic carbocycles. The van der Waals surface area contributed by atoms with E-state index in [2.05, 4.69) is 15.5 Å². The SMILES string of the molecule is Cc1cc2c(O)c(-c3nnc(NC[C@@H](C)O)cc3C)ccc2s1. The Bertz CT molecular complexity index is 858. The van der Waals surface area contributed by atoms with Crippen molar-refractivity contribution in [1.29, 1.82) is 0 Å². The van der Waals surface area contributed by atoms with Gasteiger partial charge in [-0.25, -0.2) is 0 Å². The fourth-order valence-corrected chi connectivity index (χ4v) is 3.43. The maximum atomic E-state index is 10.6. The number of phenols is 1. The zero-order valence-electron chi connectivity index (χ0n) is 13.3. The fourth-order valence-electron chi connectivity index (χ4n) is 2.51. The Morgan fingerprint density at radius 1 is 1.22 bits per heavy atom. The van der Waals surface area contributed by atoms with Crippen LogP contribution in [0.15, 0.2) is 24.3 Å². The largest absolute Gasteiger partial charge is 0.507 e. The van der Waals surface area contributed by atoms with E-state index in [9.17, 15) is 10.2 Å². The molecule has 120 valence electrons. The van der Waals surface area contributed by atoms with Crippen LogP contribution in [0.2, 0.25) is 0 Å². The van der Waals surface area contributed by atoms with Crippen molar-refractivity contribution in [2.75, 3.05) is 11.9 Å². The Labute approximate surface area is 138 Å². The highest BCUT2D eigenvalue weighted by Crippen LogP contribution is 2.39. The molecule has 23 heavy (non-hydrogen) atoms. The molecule has 0 fully saturated rings. The molecule has 3 N–H and O–H groups in total. The van der Waals surface area contributed by atoms with Gasteiger partial charge in [-0.2, -0.15) is 0 Å². The summed E-state index contributed by atoms with van der Waals surface area (Å²) in [5.74, 6) is 0.855. The highest BCUT2D eigenvalue weighted by molar-refractivity contribution is 7.19. The van der Waals surface area contributed by atoms with Gasteiger partial charge in [0.2, 0.25) is 0 Å². The van der Waals surface area contributed by atoms with Crippen LogP contribution in [-0.4, -0.2) is 33.1 Å². The lowest BCUT2D eigenvalue weighted by Gasteiger charge is -2.11. The third kappa shape index (κ3) is 3.13. The lowest BCUT2D eigenvalue weighted by atomic mass is 10.0. The minimum atomic E-state index is -0.454. The van der Waals surface area contributed by atoms with E-state index in [1.165, 1.54) is 0 Å². The van der Waals surface area contributed by atoms with Crippen LogP contribution in [0.3, 0.4) is 0 Å². The van der Waals surface area contributed by atoms with Gasteiger partial charge in [0, 0.05) is 27.1 Å². The second kappa shape index (κ2) is 6.14. The number of aryl methyl sites for hydroxylation is 2. The van der Waals surface area contributed by atoms with Gasteiger partial charge in [0.1, 0.15) is 11.6 Å². The maximum Gasteiger partial charge on any atom is 0.149 e. The number of benzene rings is 1. The number of aliphatic hydroxyl groups excluding tert-OH is 1. The summed E-state index contributed by atoms with van der Waals surface area (Å²) in [4.78, 5) is 1.16. The van der Waals surface area contributed by atoms with Crippen molar-refractivity contribution in [3.63, 3.8) is 0 Å². The van der Waals surface area contributed by atoms with Crippen molar-refractivity contribution in [2.24, 2.45) is 0 Å². The molecule has 0 saturated carbocycles. The van der Waals surface area contributed by atoms with Crippen molar-refractivity contribution in [3.05, 3.63) is 34.7 Å². The van der Waals surface area contributed by atoms with E-state index >= 15 is 0 Å². The lowest BCUT2D eigenvalue weighted by Crippen LogP contribution is -2.16. The number of aliphatic hydroxyl groups is 1. The van der Waals surface area contributed by atoms with Gasteiger partial charge in [-0.1, -0.05) is 0 Å². The summed E-state index contributed by atoms with van der Waals surface area (Å²) in [6.07, 6.45) is -0.454. The number of fused-ring (bicyclic) bond motifs is 1. The molecule has 5 nitrogen and oxygen atoms in total. The number of hydrogen-bond acceptors (Lipinski definition) is 6. The van der Waals surface area contributed by atoms with E-state index in [1.807, 2.05) is 38.1 Å². The summed E-state index contributed by atoms with van der Waals surface area (Å²) in [7, 11) is 0. The summed E-state index contributed by atoms with van der Waals surface area (Å²) in [5, 5.41) is 32.1. The quantitative estimate of drug-likeness (QED) is 0.683. The second-order valence-corrected chi connectivity index (χ2v) is 7.01. The van der Waals surface area contributed by atoms with Crippen LogP contribution >= 0.6 is 11.3 Å². The Hall–Kier alpha value is -2.18. The number of phenolic OH excluding ortho intramolecular Hbond substituents is 1. The van der Waals surface area contributed by atoms with Gasteiger partial charge in [-0.05, 0) is 50.6 Å². The van der Waals surface area contributed by atoms with Gasteiger partial charge in [-0.15, -0.1) is 21.5 Å². The first-order valence-electron chi connectivity index (χ1n) is 7.44. The van der Waals surface area contributed by atoms with Crippen molar-refractivity contribution < 1.29 is 10.2 Å². The van der Waals surface area contributed by atoms with Crippen molar-refractivity contribution in [2.45, 2.75) is 26.9 Å². The van der Waals surface area contributed by atoms with Crippen LogP contribution in [0.4, 0.5) is 5.82 Å². The molecule has 1 aromatic carbocycles. The minimum Gasteiger partial charge on any atom is -0.507 e. The monoisotopic (exact) mass is 329 g/mol. The lowest BCUT2D eigenvalue weighted by molar-refractivity contribution is 0.208. The molecular weight excluding hydrogens is 310 g/mol. The third-order valence-electron chi connectivity index (χ3n) is 3.61. The first-order chi connectivity index (χ1) is 11.0. The third-order valence-corrected chi connectivity index (χ3v) is 4.63. The molecule has 0 aliphatic heterocycles. The fraction of sp³-hybridized carbons (Fsp3) is 0.294. The van der Waals surface area contributed by atoms with Crippen LogP contribution in [0.25, 0.3) is 21.3 Å². The predicted molar refractivity (Wildman–Crippen MR) is 94.2 cm³/mol. The van der Waals surface area contributed by atoms with Crippen LogP contribution in [0.5, 0.6) is 5.75 Å². The van der Waals surface area contributed by atoms with Crippen LogP contribution < -0.4 is 5.32 Å². The average Bonchev–Trinajstić information content (AvgIpc) is 2.88. The number of aromatic hydroxyl groups is 1. The van der Waals surface area contributed by atoms with Crippen LogP contribution in [0.1, 0.15) is 17.4 Å². The number of anilines is 1.